The number of hydrogen-bond donors (Lipinski definition) is 2. The summed E-state index contributed by atoms with van der Waals surface area (Å²) in [5.74, 6) is -0.0734. The number of amides is 2. The molecule has 2 atom stereocenters. The molecule has 0 aromatic heterocycles. The molecule has 2 bridgehead atoms. The molecule has 2 aliphatic rings. The van der Waals surface area contributed by atoms with E-state index in [1.165, 1.54) is 0 Å². The molecule has 2 heterocycles. The number of rotatable bonds is 4. The number of nitrogens with zero attached hydrogens (tertiary/aromatic N) is 1. The van der Waals surface area contributed by atoms with Crippen LogP contribution in [-0.4, -0.2) is 40.0 Å². The maximum absolute atomic E-state index is 12.7. The second-order valence-corrected chi connectivity index (χ2v) is 7.13. The number of fused-ring (bicyclic) bond motifs is 2. The number of piperidine rings is 1. The van der Waals surface area contributed by atoms with E-state index in [4.69, 9.17) is 0 Å². The zero-order valence-electron chi connectivity index (χ0n) is 14.5. The Labute approximate surface area is 152 Å². The van der Waals surface area contributed by atoms with E-state index >= 15 is 0 Å². The average molecular weight is 350 g/mol. The Kier molecular flexibility index (Phi) is 4.47. The predicted molar refractivity (Wildman–Crippen MR) is 97.7 cm³/mol. The molecule has 0 saturated carbocycles. The topological polar surface area (TPSA) is 69.6 Å². The van der Waals surface area contributed by atoms with Crippen molar-refractivity contribution in [2.75, 3.05) is 0 Å². The smallest absolute Gasteiger partial charge is 0.254 e. The summed E-state index contributed by atoms with van der Waals surface area (Å²) < 4.78 is 0. The van der Waals surface area contributed by atoms with E-state index in [1.54, 1.807) is 12.1 Å². The van der Waals surface area contributed by atoms with Gasteiger partial charge in [-0.2, -0.15) is 0 Å². The van der Waals surface area contributed by atoms with E-state index in [0.29, 0.717) is 30.5 Å². The fourth-order valence-corrected chi connectivity index (χ4v) is 3.97. The Morgan fingerprint density at radius 3 is 2.23 bits per heavy atom. The molecule has 0 aliphatic carbocycles. The molecule has 2 aliphatic heterocycles. The first kappa shape index (κ1) is 16.8. The van der Waals surface area contributed by atoms with Crippen molar-refractivity contribution in [1.82, 2.24) is 10.2 Å². The van der Waals surface area contributed by atoms with Crippen LogP contribution < -0.4 is 5.32 Å². The van der Waals surface area contributed by atoms with Crippen LogP contribution in [0.25, 0.3) is 0 Å². The van der Waals surface area contributed by atoms with Crippen molar-refractivity contribution in [3.63, 3.8) is 0 Å². The molecule has 2 aromatic carbocycles. The SMILES string of the molecule is O=C(NCc1ccc(C(=O)N2C3CC(O)CC2C3)cc1)c1ccccc1. The van der Waals surface area contributed by atoms with Crippen LogP contribution in [0.15, 0.2) is 54.6 Å². The highest BCUT2D eigenvalue weighted by molar-refractivity contribution is 5.95. The van der Waals surface area contributed by atoms with Crippen LogP contribution in [0.1, 0.15) is 45.5 Å². The first-order valence-electron chi connectivity index (χ1n) is 9.05. The predicted octanol–water partition coefficient (Wildman–Crippen LogP) is 2.35. The number of carbonyl (C=O) groups is 2. The van der Waals surface area contributed by atoms with Gasteiger partial charge in [0.2, 0.25) is 0 Å². The molecule has 134 valence electrons. The van der Waals surface area contributed by atoms with Crippen molar-refractivity contribution in [3.05, 3.63) is 71.3 Å². The van der Waals surface area contributed by atoms with Crippen LogP contribution in [0.4, 0.5) is 0 Å². The number of nitrogens with one attached hydrogen (secondary N) is 1. The van der Waals surface area contributed by atoms with E-state index in [9.17, 15) is 14.7 Å². The summed E-state index contributed by atoms with van der Waals surface area (Å²) in [5, 5.41) is 12.6. The lowest BCUT2D eigenvalue weighted by Crippen LogP contribution is -2.63. The van der Waals surface area contributed by atoms with Crippen LogP contribution in [0, 0.1) is 0 Å². The van der Waals surface area contributed by atoms with Gasteiger partial charge < -0.3 is 15.3 Å². The lowest BCUT2D eigenvalue weighted by atomic mass is 9.77. The van der Waals surface area contributed by atoms with Gasteiger partial charge in [-0.3, -0.25) is 9.59 Å². The van der Waals surface area contributed by atoms with Crippen molar-refractivity contribution in [2.45, 2.75) is 44.0 Å². The molecular weight excluding hydrogens is 328 g/mol. The third-order valence-corrected chi connectivity index (χ3v) is 5.34. The van der Waals surface area contributed by atoms with Crippen LogP contribution in [0.2, 0.25) is 0 Å². The van der Waals surface area contributed by atoms with Crippen molar-refractivity contribution in [1.29, 1.82) is 0 Å². The van der Waals surface area contributed by atoms with Gasteiger partial charge in [-0.1, -0.05) is 30.3 Å². The van der Waals surface area contributed by atoms with Gasteiger partial charge in [0.05, 0.1) is 6.10 Å². The van der Waals surface area contributed by atoms with E-state index in [2.05, 4.69) is 5.32 Å². The van der Waals surface area contributed by atoms with E-state index < -0.39 is 0 Å². The highest BCUT2D eigenvalue weighted by Gasteiger charge is 2.47. The summed E-state index contributed by atoms with van der Waals surface area (Å²) >= 11 is 0. The highest BCUT2D eigenvalue weighted by Crippen LogP contribution is 2.39. The summed E-state index contributed by atoms with van der Waals surface area (Å²) in [5.41, 5.74) is 2.24. The minimum atomic E-state index is -0.265. The molecule has 2 aromatic rings. The molecule has 5 nitrogen and oxygen atoms in total. The fourth-order valence-electron chi connectivity index (χ4n) is 3.97. The third-order valence-electron chi connectivity index (χ3n) is 5.34. The van der Waals surface area contributed by atoms with Crippen molar-refractivity contribution >= 4 is 11.8 Å². The van der Waals surface area contributed by atoms with E-state index in [1.807, 2.05) is 47.4 Å². The van der Waals surface area contributed by atoms with Crippen LogP contribution >= 0.6 is 0 Å². The molecule has 0 radical (unpaired) electrons. The maximum Gasteiger partial charge on any atom is 0.254 e. The Balaban J connectivity index is 1.35. The standard InChI is InChI=1S/C21H22N2O3/c24-19-11-17-10-18(12-19)23(17)21(26)16-8-6-14(7-9-16)13-22-20(25)15-4-2-1-3-5-15/h1-9,17-19,24H,10-13H2,(H,22,25). The van der Waals surface area contributed by atoms with Crippen LogP contribution in [0.3, 0.4) is 0 Å². The Bertz CT molecular complexity index is 792. The molecular formula is C21H22N2O3. The van der Waals surface area contributed by atoms with Gasteiger partial charge in [0.25, 0.3) is 11.8 Å². The summed E-state index contributed by atoms with van der Waals surface area (Å²) in [6.07, 6.45) is 2.11. The maximum atomic E-state index is 12.7. The summed E-state index contributed by atoms with van der Waals surface area (Å²) in [7, 11) is 0. The number of hydrogen-bond acceptors (Lipinski definition) is 3. The monoisotopic (exact) mass is 350 g/mol. The summed E-state index contributed by atoms with van der Waals surface area (Å²) in [4.78, 5) is 26.7. The van der Waals surface area contributed by atoms with Gasteiger partial charge in [-0.05, 0) is 49.1 Å². The molecule has 2 fully saturated rings. The summed E-state index contributed by atoms with van der Waals surface area (Å²) in [6, 6.07) is 16.8. The zero-order chi connectivity index (χ0) is 18.1. The molecule has 5 heteroatoms. The lowest BCUT2D eigenvalue weighted by Gasteiger charge is -2.54. The van der Waals surface area contributed by atoms with Gasteiger partial charge in [0.1, 0.15) is 0 Å². The minimum absolute atomic E-state index is 0.0398. The quantitative estimate of drug-likeness (QED) is 0.889. The van der Waals surface area contributed by atoms with Gasteiger partial charge in [0, 0.05) is 29.8 Å². The Morgan fingerprint density at radius 1 is 0.923 bits per heavy atom. The lowest BCUT2D eigenvalue weighted by molar-refractivity contribution is -0.0596. The molecule has 2 amide bonds. The number of aliphatic hydroxyl groups excluding tert-OH is 1. The molecule has 2 N–H and O–H groups in total. The van der Waals surface area contributed by atoms with Crippen molar-refractivity contribution in [2.24, 2.45) is 0 Å². The van der Waals surface area contributed by atoms with Gasteiger partial charge in [-0.25, -0.2) is 0 Å². The van der Waals surface area contributed by atoms with E-state index in [0.717, 1.165) is 12.0 Å². The zero-order valence-corrected chi connectivity index (χ0v) is 14.5. The number of carbonyl (C=O) groups excluding carboxylic acids is 2. The third kappa shape index (κ3) is 3.22. The van der Waals surface area contributed by atoms with Gasteiger partial charge in [0.15, 0.2) is 0 Å². The minimum Gasteiger partial charge on any atom is -0.393 e. The molecule has 2 unspecified atom stereocenters. The van der Waals surface area contributed by atoms with Crippen molar-refractivity contribution in [3.8, 4) is 0 Å². The normalized spacial score (nSPS) is 23.9. The Morgan fingerprint density at radius 2 is 1.58 bits per heavy atom. The number of aliphatic hydroxyl groups is 1. The summed E-state index contributed by atoms with van der Waals surface area (Å²) in [6.45, 7) is 0.420. The average Bonchev–Trinajstić information content (AvgIpc) is 2.66. The molecule has 4 rings (SSSR count). The van der Waals surface area contributed by atoms with Crippen LogP contribution in [-0.2, 0) is 6.54 Å². The highest BCUT2D eigenvalue weighted by atomic mass is 16.3. The first-order chi connectivity index (χ1) is 12.6. The number of benzene rings is 2. The largest absolute Gasteiger partial charge is 0.393 e. The van der Waals surface area contributed by atoms with E-state index in [-0.39, 0.29) is 30.0 Å². The van der Waals surface area contributed by atoms with Crippen LogP contribution in [0.5, 0.6) is 0 Å². The fraction of sp³-hybridized carbons (Fsp3) is 0.333. The molecule has 26 heavy (non-hydrogen) atoms. The molecule has 2 saturated heterocycles. The Hall–Kier alpha value is -2.66. The molecule has 0 spiro atoms. The van der Waals surface area contributed by atoms with Crippen molar-refractivity contribution < 1.29 is 14.7 Å². The second-order valence-electron chi connectivity index (χ2n) is 7.13. The first-order valence-corrected chi connectivity index (χ1v) is 9.05. The van der Waals surface area contributed by atoms with Gasteiger partial charge >= 0.3 is 0 Å². The second kappa shape index (κ2) is 6.92. The van der Waals surface area contributed by atoms with Gasteiger partial charge in [-0.15, -0.1) is 0 Å².